The first-order valence-electron chi connectivity index (χ1n) is 11.7. The molecule has 0 aromatic rings. The Labute approximate surface area is 198 Å². The summed E-state index contributed by atoms with van der Waals surface area (Å²) in [4.78, 5) is 10.2. The zero-order valence-electron chi connectivity index (χ0n) is 19.0. The Morgan fingerprint density at radius 1 is 0.643 bits per heavy atom. The van der Waals surface area contributed by atoms with E-state index in [9.17, 15) is 4.89 Å². The molecular weight excluding hydrogens is 457 g/mol. The van der Waals surface area contributed by atoms with Gasteiger partial charge in [-0.15, -0.1) is 0 Å². The molecule has 0 aromatic heterocycles. The van der Waals surface area contributed by atoms with Crippen LogP contribution in [-0.4, -0.2) is 17.3 Å². The third-order valence-corrected chi connectivity index (χ3v) is 9.42. The monoisotopic (exact) mass is 502 g/mol. The quantitative estimate of drug-likeness (QED) is 0.0906. The third-order valence-electron chi connectivity index (χ3n) is 5.00. The van der Waals surface area contributed by atoms with Crippen LogP contribution in [0.3, 0.4) is 0 Å². The van der Waals surface area contributed by atoms with Crippen molar-refractivity contribution in [2.75, 3.05) is 12.4 Å². The number of hydrogen-bond acceptors (Lipinski definition) is 3. The molecule has 0 aliphatic rings. The second-order valence-corrected chi connectivity index (χ2v) is 14.1. The van der Waals surface area contributed by atoms with Gasteiger partial charge in [0.2, 0.25) is 5.69 Å². The van der Waals surface area contributed by atoms with Crippen molar-refractivity contribution >= 4 is 28.9 Å². The van der Waals surface area contributed by atoms with Crippen LogP contribution in [0.1, 0.15) is 129 Å². The van der Waals surface area contributed by atoms with Gasteiger partial charge in [-0.1, -0.05) is 128 Å². The van der Waals surface area contributed by atoms with Crippen molar-refractivity contribution in [2.24, 2.45) is 0 Å². The Morgan fingerprint density at radius 2 is 1.00 bits per heavy atom. The SMILES string of the molecule is CCCCCCCCCCCOP(O)(=S)SCCCCCCCCCCC.[Zn]. The Balaban J connectivity index is 0. The third kappa shape index (κ3) is 25.6. The van der Waals surface area contributed by atoms with Gasteiger partial charge in [0.15, 0.2) is 0 Å². The zero-order chi connectivity index (χ0) is 20.1. The molecular formula is C22H47O2PS2Zn. The van der Waals surface area contributed by atoms with Crippen molar-refractivity contribution in [3.8, 4) is 0 Å². The first-order valence-corrected chi connectivity index (χ1v) is 16.0. The smallest absolute Gasteiger partial charge is 0.244 e. The van der Waals surface area contributed by atoms with Crippen molar-refractivity contribution in [1.82, 2.24) is 0 Å². The summed E-state index contributed by atoms with van der Waals surface area (Å²) >= 11 is 6.76. The van der Waals surface area contributed by atoms with Gasteiger partial charge in [0.1, 0.15) is 0 Å². The van der Waals surface area contributed by atoms with Gasteiger partial charge in [0.05, 0.1) is 6.61 Å². The van der Waals surface area contributed by atoms with Gasteiger partial charge >= 0.3 is 0 Å². The van der Waals surface area contributed by atoms with E-state index in [0.29, 0.717) is 6.61 Å². The van der Waals surface area contributed by atoms with Gasteiger partial charge < -0.3 is 9.42 Å². The topological polar surface area (TPSA) is 29.5 Å². The molecule has 2 nitrogen and oxygen atoms in total. The Bertz CT molecular complexity index is 318. The summed E-state index contributed by atoms with van der Waals surface area (Å²) in [5.41, 5.74) is -2.59. The number of unbranched alkanes of at least 4 members (excludes halogenated alkanes) is 16. The van der Waals surface area contributed by atoms with E-state index in [1.165, 1.54) is 114 Å². The van der Waals surface area contributed by atoms with E-state index in [4.69, 9.17) is 16.3 Å². The van der Waals surface area contributed by atoms with Crippen LogP contribution in [0.2, 0.25) is 0 Å². The van der Waals surface area contributed by atoms with Crippen LogP contribution in [0, 0.1) is 0 Å². The summed E-state index contributed by atoms with van der Waals surface area (Å²) in [6.45, 7) is 5.16. The van der Waals surface area contributed by atoms with Crippen LogP contribution in [0.4, 0.5) is 0 Å². The predicted molar refractivity (Wildman–Crippen MR) is 129 cm³/mol. The van der Waals surface area contributed by atoms with Gasteiger partial charge in [0, 0.05) is 25.2 Å². The molecule has 0 fully saturated rings. The fourth-order valence-corrected chi connectivity index (χ4v) is 6.64. The minimum absolute atomic E-state index is 0. The molecule has 6 heteroatoms. The van der Waals surface area contributed by atoms with Crippen LogP contribution in [-0.2, 0) is 35.8 Å². The molecule has 1 unspecified atom stereocenters. The van der Waals surface area contributed by atoms with Crippen LogP contribution < -0.4 is 0 Å². The van der Waals surface area contributed by atoms with Gasteiger partial charge in [-0.05, 0) is 24.6 Å². The standard InChI is InChI=1S/C22H47O2PS2.Zn/c1-3-5-7-9-11-13-15-17-19-21-24-25(23,26)27-22-20-18-16-14-12-10-8-6-4-2;/h3-22H2,1-2H3,(H,23,26);. The van der Waals surface area contributed by atoms with Crippen LogP contribution in [0.15, 0.2) is 0 Å². The average molecular weight is 504 g/mol. The molecule has 0 bridgehead atoms. The largest absolute Gasteiger partial charge is 0.337 e. The first-order chi connectivity index (χ1) is 13.1. The van der Waals surface area contributed by atoms with Crippen molar-refractivity contribution < 1.29 is 28.9 Å². The number of rotatable bonds is 22. The molecule has 0 saturated heterocycles. The maximum atomic E-state index is 10.2. The van der Waals surface area contributed by atoms with E-state index >= 15 is 0 Å². The molecule has 0 heterocycles. The minimum atomic E-state index is -2.59. The van der Waals surface area contributed by atoms with E-state index in [1.54, 1.807) is 0 Å². The predicted octanol–water partition coefficient (Wildman–Crippen LogP) is 9.01. The maximum absolute atomic E-state index is 10.2. The molecule has 166 valence electrons. The second kappa shape index (κ2) is 24.8. The Hall–Kier alpha value is 1.54. The summed E-state index contributed by atoms with van der Waals surface area (Å²) in [6.07, 6.45) is 23.7. The van der Waals surface area contributed by atoms with Gasteiger partial charge in [0.25, 0.3) is 0 Å². The molecule has 0 amide bonds. The summed E-state index contributed by atoms with van der Waals surface area (Å²) in [7, 11) is 0. The molecule has 0 aliphatic heterocycles. The van der Waals surface area contributed by atoms with E-state index < -0.39 is 5.69 Å². The summed E-state index contributed by atoms with van der Waals surface area (Å²) < 4.78 is 5.62. The zero-order valence-corrected chi connectivity index (χ0v) is 24.5. The maximum Gasteiger partial charge on any atom is 0.244 e. The fraction of sp³-hybridized carbons (Fsp3) is 1.00. The summed E-state index contributed by atoms with van der Waals surface area (Å²) in [6, 6.07) is 0. The molecule has 28 heavy (non-hydrogen) atoms. The van der Waals surface area contributed by atoms with Crippen molar-refractivity contribution in [3.05, 3.63) is 0 Å². The fourth-order valence-electron chi connectivity index (χ4n) is 3.22. The normalized spacial score (nSPS) is 13.2. The van der Waals surface area contributed by atoms with Crippen molar-refractivity contribution in [3.63, 3.8) is 0 Å². The van der Waals surface area contributed by atoms with Gasteiger partial charge in [-0.2, -0.15) is 0 Å². The molecule has 0 rings (SSSR count). The van der Waals surface area contributed by atoms with Crippen LogP contribution in [0.25, 0.3) is 0 Å². The Kier molecular flexibility index (Phi) is 28.1. The van der Waals surface area contributed by atoms with Crippen molar-refractivity contribution in [1.29, 1.82) is 0 Å². The average Bonchev–Trinajstić information content (AvgIpc) is 2.64. The molecule has 0 spiro atoms. The number of hydrogen-bond donors (Lipinski definition) is 1. The molecule has 1 N–H and O–H groups in total. The molecule has 0 saturated carbocycles. The molecule has 0 aromatic carbocycles. The first kappa shape index (κ1) is 31.7. The minimum Gasteiger partial charge on any atom is -0.337 e. The van der Waals surface area contributed by atoms with Gasteiger partial charge in [-0.25, -0.2) is 0 Å². The molecule has 0 radical (unpaired) electrons. The summed E-state index contributed by atoms with van der Waals surface area (Å²) in [5.74, 6) is 0.946. The van der Waals surface area contributed by atoms with E-state index in [2.05, 4.69) is 13.8 Å². The van der Waals surface area contributed by atoms with E-state index in [-0.39, 0.29) is 19.5 Å². The molecule has 0 aliphatic carbocycles. The Morgan fingerprint density at radius 3 is 1.43 bits per heavy atom. The van der Waals surface area contributed by atoms with Gasteiger partial charge in [-0.3, -0.25) is 0 Å². The van der Waals surface area contributed by atoms with E-state index in [0.717, 1.165) is 18.6 Å². The van der Waals surface area contributed by atoms with Crippen molar-refractivity contribution in [2.45, 2.75) is 129 Å². The van der Waals surface area contributed by atoms with Crippen LogP contribution in [0.5, 0.6) is 0 Å². The van der Waals surface area contributed by atoms with E-state index in [1.807, 2.05) is 0 Å². The molecule has 1 atom stereocenters. The summed E-state index contributed by atoms with van der Waals surface area (Å²) in [5, 5.41) is 0. The van der Waals surface area contributed by atoms with Crippen LogP contribution >= 0.6 is 17.1 Å². The second-order valence-electron chi connectivity index (χ2n) is 7.79.